The number of hydrogen-bond donors (Lipinski definition) is 1. The number of nitrogens with zero attached hydrogens (tertiary/aromatic N) is 1. The molecule has 156 valence electrons. The first-order valence-electron chi connectivity index (χ1n) is 9.17. The Morgan fingerprint density at radius 2 is 2.00 bits per heavy atom. The second-order valence-electron chi connectivity index (χ2n) is 6.26. The largest absolute Gasteiger partial charge is 0.493 e. The van der Waals surface area contributed by atoms with E-state index >= 15 is 0 Å². The van der Waals surface area contributed by atoms with Gasteiger partial charge in [0, 0.05) is 31.3 Å². The Morgan fingerprint density at radius 3 is 2.73 bits per heavy atom. The van der Waals surface area contributed by atoms with Crippen LogP contribution in [0.4, 0.5) is 13.9 Å². The molecular weight excluding hydrogens is 410 g/mol. The second kappa shape index (κ2) is 10.6. The third-order valence-corrected chi connectivity index (χ3v) is 4.71. The van der Waals surface area contributed by atoms with E-state index in [4.69, 9.17) is 9.47 Å². The summed E-state index contributed by atoms with van der Waals surface area (Å²) in [6.07, 6.45) is 5.04. The van der Waals surface area contributed by atoms with Crippen LogP contribution in [0.15, 0.2) is 48.7 Å². The summed E-state index contributed by atoms with van der Waals surface area (Å²) in [6.45, 7) is 0.961. The van der Waals surface area contributed by atoms with Crippen LogP contribution in [0.5, 0.6) is 5.75 Å². The first kappa shape index (κ1) is 21.6. The molecule has 0 aliphatic carbocycles. The van der Waals surface area contributed by atoms with Crippen molar-refractivity contribution in [3.63, 3.8) is 0 Å². The molecule has 1 amide bonds. The standard InChI is InChI=1S/C22H20F2N2O3S/c1-28-9-4-10-29-18-12-15(7-8-16-5-2-3-6-19(16)23)11-17(13-18)21(27)26-22-25-14-20(24)30-22/h2-3,5-8,11-14H,4,9-10H2,1H3,(H,25,26,27)/b8-7+. The summed E-state index contributed by atoms with van der Waals surface area (Å²) < 4.78 is 37.7. The molecule has 0 atom stereocenters. The highest BCUT2D eigenvalue weighted by atomic mass is 32.1. The monoisotopic (exact) mass is 430 g/mol. The van der Waals surface area contributed by atoms with Crippen LogP contribution in [0.25, 0.3) is 12.2 Å². The summed E-state index contributed by atoms with van der Waals surface area (Å²) in [4.78, 5) is 16.4. The highest BCUT2D eigenvalue weighted by Gasteiger charge is 2.12. The number of anilines is 1. The number of amides is 1. The first-order chi connectivity index (χ1) is 14.5. The fourth-order valence-electron chi connectivity index (χ4n) is 2.60. The lowest BCUT2D eigenvalue weighted by molar-refractivity contribution is 0.102. The number of rotatable bonds is 9. The molecule has 0 aliphatic rings. The molecule has 3 rings (SSSR count). The zero-order chi connectivity index (χ0) is 21.3. The van der Waals surface area contributed by atoms with Crippen LogP contribution in [0, 0.1) is 10.9 Å². The summed E-state index contributed by atoms with van der Waals surface area (Å²) in [5.41, 5.74) is 1.38. The van der Waals surface area contributed by atoms with E-state index in [0.717, 1.165) is 17.5 Å². The van der Waals surface area contributed by atoms with E-state index < -0.39 is 11.0 Å². The van der Waals surface area contributed by atoms with Gasteiger partial charge in [0.25, 0.3) is 5.91 Å². The van der Waals surface area contributed by atoms with E-state index in [0.29, 0.717) is 42.1 Å². The number of nitrogens with one attached hydrogen (secondary N) is 1. The lowest BCUT2D eigenvalue weighted by Gasteiger charge is -2.10. The number of methoxy groups -OCH3 is 1. The first-order valence-corrected chi connectivity index (χ1v) is 9.99. The predicted octanol–water partition coefficient (Wildman–Crippen LogP) is 5.26. The summed E-state index contributed by atoms with van der Waals surface area (Å²) in [5.74, 6) is -0.311. The Kier molecular flexibility index (Phi) is 7.64. The van der Waals surface area contributed by atoms with Crippen molar-refractivity contribution in [2.24, 2.45) is 0 Å². The Hall–Kier alpha value is -3.10. The second-order valence-corrected chi connectivity index (χ2v) is 7.24. The number of benzene rings is 2. The molecular formula is C22H20F2N2O3S. The fourth-order valence-corrected chi connectivity index (χ4v) is 3.14. The zero-order valence-electron chi connectivity index (χ0n) is 16.2. The molecule has 1 heterocycles. The van der Waals surface area contributed by atoms with Crippen molar-refractivity contribution in [2.45, 2.75) is 6.42 Å². The van der Waals surface area contributed by atoms with Crippen LogP contribution in [0.3, 0.4) is 0 Å². The minimum Gasteiger partial charge on any atom is -0.493 e. The van der Waals surface area contributed by atoms with Crippen molar-refractivity contribution in [3.05, 3.63) is 76.3 Å². The minimum atomic E-state index is -0.492. The SMILES string of the molecule is COCCCOc1cc(/C=C/c2ccccc2F)cc(C(=O)Nc2ncc(F)s2)c1. The molecule has 30 heavy (non-hydrogen) atoms. The molecule has 0 saturated heterocycles. The summed E-state index contributed by atoms with van der Waals surface area (Å²) in [6, 6.07) is 11.4. The Labute approximate surface area is 177 Å². The summed E-state index contributed by atoms with van der Waals surface area (Å²) >= 11 is 0.737. The molecule has 0 unspecified atom stereocenters. The van der Waals surface area contributed by atoms with Gasteiger partial charge in [-0.2, -0.15) is 4.39 Å². The maximum atomic E-state index is 13.9. The Balaban J connectivity index is 1.83. The highest BCUT2D eigenvalue weighted by molar-refractivity contribution is 7.14. The molecule has 8 heteroatoms. The van der Waals surface area contributed by atoms with Gasteiger partial charge in [0.1, 0.15) is 11.6 Å². The normalized spacial score (nSPS) is 11.0. The van der Waals surface area contributed by atoms with Crippen LogP contribution >= 0.6 is 11.3 Å². The number of thiazole rings is 1. The van der Waals surface area contributed by atoms with Gasteiger partial charge in [-0.3, -0.25) is 10.1 Å². The molecule has 1 N–H and O–H groups in total. The number of carbonyl (C=O) groups is 1. The molecule has 0 spiro atoms. The minimum absolute atomic E-state index is 0.160. The quantitative estimate of drug-likeness (QED) is 0.372. The van der Waals surface area contributed by atoms with Gasteiger partial charge in [-0.25, -0.2) is 9.37 Å². The van der Waals surface area contributed by atoms with E-state index in [9.17, 15) is 13.6 Å². The zero-order valence-corrected chi connectivity index (χ0v) is 17.0. The molecule has 1 aromatic heterocycles. The van der Waals surface area contributed by atoms with Crippen LogP contribution in [0.1, 0.15) is 27.9 Å². The maximum Gasteiger partial charge on any atom is 0.257 e. The molecule has 5 nitrogen and oxygen atoms in total. The van der Waals surface area contributed by atoms with Gasteiger partial charge in [-0.1, -0.05) is 41.7 Å². The Bertz CT molecular complexity index is 1040. The predicted molar refractivity (Wildman–Crippen MR) is 114 cm³/mol. The molecule has 3 aromatic rings. The lowest BCUT2D eigenvalue weighted by Crippen LogP contribution is -2.12. The van der Waals surface area contributed by atoms with Crippen molar-refractivity contribution in [3.8, 4) is 5.75 Å². The van der Waals surface area contributed by atoms with E-state index in [2.05, 4.69) is 10.3 Å². The third kappa shape index (κ3) is 6.20. The van der Waals surface area contributed by atoms with Gasteiger partial charge < -0.3 is 9.47 Å². The highest BCUT2D eigenvalue weighted by Crippen LogP contribution is 2.22. The van der Waals surface area contributed by atoms with Gasteiger partial charge in [0.15, 0.2) is 10.3 Å². The van der Waals surface area contributed by atoms with E-state index in [1.54, 1.807) is 55.7 Å². The topological polar surface area (TPSA) is 60.5 Å². The molecule has 2 aromatic carbocycles. The van der Waals surface area contributed by atoms with E-state index in [1.807, 2.05) is 0 Å². The number of carbonyl (C=O) groups excluding carboxylic acids is 1. The van der Waals surface area contributed by atoms with Crippen LogP contribution in [0.2, 0.25) is 0 Å². The maximum absolute atomic E-state index is 13.9. The van der Waals surface area contributed by atoms with Gasteiger partial charge >= 0.3 is 0 Å². The molecule has 0 saturated carbocycles. The van der Waals surface area contributed by atoms with Crippen molar-refractivity contribution >= 4 is 34.5 Å². The van der Waals surface area contributed by atoms with Crippen molar-refractivity contribution in [2.75, 3.05) is 25.6 Å². The van der Waals surface area contributed by atoms with Crippen molar-refractivity contribution < 1.29 is 23.0 Å². The average Bonchev–Trinajstić information content (AvgIpc) is 3.15. The summed E-state index contributed by atoms with van der Waals surface area (Å²) in [7, 11) is 1.61. The van der Waals surface area contributed by atoms with Gasteiger partial charge in [-0.15, -0.1) is 0 Å². The van der Waals surface area contributed by atoms with Crippen LogP contribution in [-0.2, 0) is 4.74 Å². The van der Waals surface area contributed by atoms with Gasteiger partial charge in [0.05, 0.1) is 12.8 Å². The number of halogens is 2. The van der Waals surface area contributed by atoms with Gasteiger partial charge in [0.2, 0.25) is 0 Å². The average molecular weight is 430 g/mol. The van der Waals surface area contributed by atoms with E-state index in [1.165, 1.54) is 6.07 Å². The fraction of sp³-hybridized carbons (Fsp3) is 0.182. The molecule has 0 fully saturated rings. The molecule has 0 radical (unpaired) electrons. The smallest absolute Gasteiger partial charge is 0.257 e. The molecule has 0 aliphatic heterocycles. The number of ether oxygens (including phenoxy) is 2. The van der Waals surface area contributed by atoms with Crippen molar-refractivity contribution in [1.82, 2.24) is 4.98 Å². The summed E-state index contributed by atoms with van der Waals surface area (Å²) in [5, 5.41) is 2.23. The van der Waals surface area contributed by atoms with Crippen molar-refractivity contribution in [1.29, 1.82) is 0 Å². The van der Waals surface area contributed by atoms with Crippen LogP contribution < -0.4 is 10.1 Å². The van der Waals surface area contributed by atoms with E-state index in [-0.39, 0.29) is 10.9 Å². The number of aromatic nitrogens is 1. The third-order valence-electron chi connectivity index (χ3n) is 4.01. The molecule has 0 bridgehead atoms. The lowest BCUT2D eigenvalue weighted by atomic mass is 10.1. The number of hydrogen-bond acceptors (Lipinski definition) is 5. The Morgan fingerprint density at radius 1 is 1.17 bits per heavy atom. The van der Waals surface area contributed by atoms with Crippen LogP contribution in [-0.4, -0.2) is 31.2 Å². The van der Waals surface area contributed by atoms with Gasteiger partial charge in [-0.05, 0) is 29.8 Å².